The van der Waals surface area contributed by atoms with Crippen molar-refractivity contribution in [1.29, 1.82) is 0 Å². The second-order valence-electron chi connectivity index (χ2n) is 8.56. The molecular formula is C22H30FN3O2. The van der Waals surface area contributed by atoms with Crippen LogP contribution in [0.4, 0.5) is 4.39 Å². The lowest BCUT2D eigenvalue weighted by atomic mass is 9.85. The van der Waals surface area contributed by atoms with E-state index in [4.69, 9.17) is 0 Å². The number of benzene rings is 1. The SMILES string of the molecule is CCCN1CCC2(CCN(C(=O)c3cc(C4CCNCC4)ccc3F)C2)C1=O. The molecule has 1 N–H and O–H groups in total. The highest BCUT2D eigenvalue weighted by atomic mass is 19.1. The van der Waals surface area contributed by atoms with Crippen molar-refractivity contribution in [3.8, 4) is 0 Å². The van der Waals surface area contributed by atoms with Gasteiger partial charge in [-0.2, -0.15) is 0 Å². The van der Waals surface area contributed by atoms with E-state index in [9.17, 15) is 14.0 Å². The lowest BCUT2D eigenvalue weighted by Gasteiger charge is -2.25. The van der Waals surface area contributed by atoms with Gasteiger partial charge < -0.3 is 15.1 Å². The van der Waals surface area contributed by atoms with Gasteiger partial charge in [0.05, 0.1) is 11.0 Å². The third-order valence-corrected chi connectivity index (χ3v) is 6.77. The minimum absolute atomic E-state index is 0.156. The quantitative estimate of drug-likeness (QED) is 0.864. The molecule has 0 aliphatic carbocycles. The summed E-state index contributed by atoms with van der Waals surface area (Å²) in [5, 5.41) is 3.34. The molecule has 1 atom stereocenters. The molecule has 3 fully saturated rings. The van der Waals surface area contributed by atoms with Gasteiger partial charge in [-0.25, -0.2) is 4.39 Å². The molecular weight excluding hydrogens is 357 g/mol. The molecule has 4 rings (SSSR count). The van der Waals surface area contributed by atoms with Crippen LogP contribution in [0.25, 0.3) is 0 Å². The van der Waals surface area contributed by atoms with Crippen molar-refractivity contribution < 1.29 is 14.0 Å². The van der Waals surface area contributed by atoms with Gasteiger partial charge in [-0.05, 0) is 68.8 Å². The fourth-order valence-corrected chi connectivity index (χ4v) is 5.09. The van der Waals surface area contributed by atoms with Crippen LogP contribution >= 0.6 is 0 Å². The summed E-state index contributed by atoms with van der Waals surface area (Å²) >= 11 is 0. The fraction of sp³-hybridized carbons (Fsp3) is 0.636. The Morgan fingerprint density at radius 2 is 2.00 bits per heavy atom. The van der Waals surface area contributed by atoms with Gasteiger partial charge in [0, 0.05) is 26.2 Å². The molecule has 1 aromatic rings. The van der Waals surface area contributed by atoms with Gasteiger partial charge in [0.1, 0.15) is 5.82 Å². The Balaban J connectivity index is 1.50. The molecule has 0 bridgehead atoms. The zero-order valence-electron chi connectivity index (χ0n) is 16.7. The molecule has 2 amide bonds. The van der Waals surface area contributed by atoms with Crippen LogP contribution in [-0.2, 0) is 4.79 Å². The molecule has 0 saturated carbocycles. The molecule has 28 heavy (non-hydrogen) atoms. The van der Waals surface area contributed by atoms with E-state index >= 15 is 0 Å². The summed E-state index contributed by atoms with van der Waals surface area (Å²) in [6.07, 6.45) is 4.45. The summed E-state index contributed by atoms with van der Waals surface area (Å²) in [5.41, 5.74) is 0.753. The van der Waals surface area contributed by atoms with E-state index in [1.165, 1.54) is 6.07 Å². The third kappa shape index (κ3) is 3.43. The van der Waals surface area contributed by atoms with Crippen molar-refractivity contribution in [3.63, 3.8) is 0 Å². The van der Waals surface area contributed by atoms with Gasteiger partial charge in [0.25, 0.3) is 5.91 Å². The topological polar surface area (TPSA) is 52.6 Å². The maximum absolute atomic E-state index is 14.5. The third-order valence-electron chi connectivity index (χ3n) is 6.77. The largest absolute Gasteiger partial charge is 0.342 e. The van der Waals surface area contributed by atoms with E-state index in [2.05, 4.69) is 12.2 Å². The number of halogens is 1. The van der Waals surface area contributed by atoms with Crippen molar-refractivity contribution >= 4 is 11.8 Å². The number of carbonyl (C=O) groups is 2. The lowest BCUT2D eigenvalue weighted by molar-refractivity contribution is -0.135. The van der Waals surface area contributed by atoms with Gasteiger partial charge >= 0.3 is 0 Å². The Labute approximate surface area is 166 Å². The number of hydrogen-bond donors (Lipinski definition) is 1. The van der Waals surface area contributed by atoms with Gasteiger partial charge in [0.15, 0.2) is 0 Å². The molecule has 3 saturated heterocycles. The highest BCUT2D eigenvalue weighted by molar-refractivity contribution is 5.96. The Morgan fingerprint density at radius 3 is 2.75 bits per heavy atom. The number of nitrogens with one attached hydrogen (secondary N) is 1. The molecule has 152 valence electrons. The molecule has 1 aromatic carbocycles. The van der Waals surface area contributed by atoms with Crippen LogP contribution in [0.15, 0.2) is 18.2 Å². The number of carbonyl (C=O) groups excluding carboxylic acids is 2. The smallest absolute Gasteiger partial charge is 0.256 e. The Bertz CT molecular complexity index is 762. The summed E-state index contributed by atoms with van der Waals surface area (Å²) in [5.74, 6) is -0.188. The second kappa shape index (κ2) is 7.82. The highest BCUT2D eigenvalue weighted by Crippen LogP contribution is 2.41. The number of likely N-dealkylation sites (tertiary alicyclic amines) is 2. The predicted octanol–water partition coefficient (Wildman–Crippen LogP) is 2.77. The molecule has 3 aliphatic heterocycles. The molecule has 5 nitrogen and oxygen atoms in total. The molecule has 3 aliphatic rings. The van der Waals surface area contributed by atoms with Gasteiger partial charge in [-0.3, -0.25) is 9.59 Å². The highest BCUT2D eigenvalue weighted by Gasteiger charge is 2.51. The minimum atomic E-state index is -0.464. The van der Waals surface area contributed by atoms with Crippen LogP contribution < -0.4 is 5.32 Å². The first-order chi connectivity index (χ1) is 13.5. The van der Waals surface area contributed by atoms with Gasteiger partial charge in [0.2, 0.25) is 5.91 Å². The summed E-state index contributed by atoms with van der Waals surface area (Å²) in [4.78, 5) is 29.6. The lowest BCUT2D eigenvalue weighted by Crippen LogP contribution is -2.38. The summed E-state index contributed by atoms with van der Waals surface area (Å²) in [7, 11) is 0. The zero-order valence-corrected chi connectivity index (χ0v) is 16.7. The van der Waals surface area contributed by atoms with Gasteiger partial charge in [-0.1, -0.05) is 13.0 Å². The number of amides is 2. The fourth-order valence-electron chi connectivity index (χ4n) is 5.09. The Hall–Kier alpha value is -1.95. The second-order valence-corrected chi connectivity index (χ2v) is 8.56. The first-order valence-electron chi connectivity index (χ1n) is 10.6. The maximum atomic E-state index is 14.5. The number of piperidine rings is 1. The summed E-state index contributed by atoms with van der Waals surface area (Å²) in [6, 6.07) is 5.00. The monoisotopic (exact) mass is 387 g/mol. The average molecular weight is 387 g/mol. The number of hydrogen-bond acceptors (Lipinski definition) is 3. The Morgan fingerprint density at radius 1 is 1.25 bits per heavy atom. The summed E-state index contributed by atoms with van der Waals surface area (Å²) in [6.45, 7) is 6.48. The van der Waals surface area contributed by atoms with E-state index in [0.717, 1.165) is 57.4 Å². The van der Waals surface area contributed by atoms with E-state index in [-0.39, 0.29) is 17.4 Å². The van der Waals surface area contributed by atoms with Crippen LogP contribution in [0.5, 0.6) is 0 Å². The van der Waals surface area contributed by atoms with Crippen LogP contribution in [0.1, 0.15) is 60.9 Å². The first kappa shape index (κ1) is 19.4. The van der Waals surface area contributed by atoms with E-state index in [1.807, 2.05) is 11.0 Å². The van der Waals surface area contributed by atoms with Crippen molar-refractivity contribution in [2.24, 2.45) is 5.41 Å². The predicted molar refractivity (Wildman–Crippen MR) is 106 cm³/mol. The molecule has 0 radical (unpaired) electrons. The Kier molecular flexibility index (Phi) is 5.41. The van der Waals surface area contributed by atoms with Crippen molar-refractivity contribution in [1.82, 2.24) is 15.1 Å². The molecule has 3 heterocycles. The van der Waals surface area contributed by atoms with Crippen LogP contribution in [-0.4, -0.2) is 60.9 Å². The maximum Gasteiger partial charge on any atom is 0.256 e. The molecule has 6 heteroatoms. The van der Waals surface area contributed by atoms with E-state index in [1.54, 1.807) is 11.0 Å². The average Bonchev–Trinajstić information content (AvgIpc) is 3.29. The van der Waals surface area contributed by atoms with Crippen molar-refractivity contribution in [2.45, 2.75) is 44.9 Å². The van der Waals surface area contributed by atoms with Crippen molar-refractivity contribution in [2.75, 3.05) is 39.3 Å². The zero-order chi connectivity index (χ0) is 19.7. The van der Waals surface area contributed by atoms with E-state index in [0.29, 0.717) is 25.4 Å². The number of rotatable bonds is 4. The van der Waals surface area contributed by atoms with Crippen LogP contribution in [0.3, 0.4) is 0 Å². The molecule has 1 unspecified atom stereocenters. The minimum Gasteiger partial charge on any atom is -0.342 e. The number of nitrogens with zero attached hydrogens (tertiary/aromatic N) is 2. The van der Waals surface area contributed by atoms with Crippen molar-refractivity contribution in [3.05, 3.63) is 35.1 Å². The van der Waals surface area contributed by atoms with Gasteiger partial charge in [-0.15, -0.1) is 0 Å². The standard InChI is InChI=1S/C22H30FN3O2/c1-2-11-25-12-7-22(21(25)28)8-13-26(15-22)20(27)18-14-17(3-4-19(18)23)16-5-9-24-10-6-16/h3-4,14,16,24H,2,5-13,15H2,1H3. The molecule has 1 spiro atoms. The summed E-state index contributed by atoms with van der Waals surface area (Å²) < 4.78 is 14.5. The first-order valence-corrected chi connectivity index (χ1v) is 10.6. The van der Waals surface area contributed by atoms with Crippen LogP contribution in [0.2, 0.25) is 0 Å². The molecule has 0 aromatic heterocycles. The van der Waals surface area contributed by atoms with E-state index < -0.39 is 11.2 Å². The normalized spacial score (nSPS) is 25.9. The van der Waals surface area contributed by atoms with Crippen LogP contribution in [0, 0.1) is 11.2 Å².